The van der Waals surface area contributed by atoms with Gasteiger partial charge in [-0.3, -0.25) is 4.68 Å². The normalized spacial score (nSPS) is 11.0. The van der Waals surface area contributed by atoms with Crippen LogP contribution in [-0.2, 0) is 6.54 Å². The largest absolute Gasteiger partial charge is 0.267 e. The second-order valence-corrected chi connectivity index (χ2v) is 3.84. The van der Waals surface area contributed by atoms with E-state index in [1.165, 1.54) is 5.69 Å². The van der Waals surface area contributed by atoms with Gasteiger partial charge in [0.25, 0.3) is 0 Å². The first-order valence-electron chi connectivity index (χ1n) is 4.21. The molecule has 2 rings (SSSR count). The van der Waals surface area contributed by atoms with Crippen LogP contribution in [0.3, 0.4) is 0 Å². The van der Waals surface area contributed by atoms with Crippen molar-refractivity contribution in [1.29, 1.82) is 0 Å². The molecule has 0 N–H and O–H groups in total. The van der Waals surface area contributed by atoms with Crippen molar-refractivity contribution in [2.75, 3.05) is 0 Å². The number of nitrogens with zero attached hydrogens (tertiary/aromatic N) is 3. The Hall–Kier alpha value is -0.900. The fourth-order valence-electron chi connectivity index (χ4n) is 1.41. The highest BCUT2D eigenvalue weighted by molar-refractivity contribution is 9.10. The smallest absolute Gasteiger partial charge is 0.181 e. The Morgan fingerprint density at radius 3 is 3.00 bits per heavy atom. The average Bonchev–Trinajstić information content (AvgIpc) is 2.44. The van der Waals surface area contributed by atoms with Crippen molar-refractivity contribution in [3.8, 4) is 0 Å². The van der Waals surface area contributed by atoms with Crippen LogP contribution < -0.4 is 0 Å². The summed E-state index contributed by atoms with van der Waals surface area (Å²) in [5, 5.41) is 5.48. The third kappa shape index (κ3) is 1.35. The quantitative estimate of drug-likeness (QED) is 0.766. The van der Waals surface area contributed by atoms with Crippen LogP contribution in [0.1, 0.15) is 12.6 Å². The standard InChI is InChI=1S/C9H10BrN3/c1-3-13-6(2)8-4-7(10)5-11-9(8)12-13/h4-5H,3H2,1-2H3. The Morgan fingerprint density at radius 2 is 2.31 bits per heavy atom. The molecule has 2 aromatic rings. The zero-order valence-corrected chi connectivity index (χ0v) is 9.17. The van der Waals surface area contributed by atoms with E-state index in [1.54, 1.807) is 6.20 Å². The van der Waals surface area contributed by atoms with Crippen LogP contribution in [0.25, 0.3) is 11.0 Å². The maximum absolute atomic E-state index is 4.36. The number of hydrogen-bond acceptors (Lipinski definition) is 2. The molecule has 0 spiro atoms. The SMILES string of the molecule is CCn1nc2ncc(Br)cc2c1C. The lowest BCUT2D eigenvalue weighted by atomic mass is 10.3. The molecule has 0 amide bonds. The van der Waals surface area contributed by atoms with Crippen molar-refractivity contribution < 1.29 is 0 Å². The lowest BCUT2D eigenvalue weighted by molar-refractivity contribution is 0.646. The van der Waals surface area contributed by atoms with Gasteiger partial charge in [0.2, 0.25) is 0 Å². The molecule has 3 nitrogen and oxygen atoms in total. The minimum Gasteiger partial charge on any atom is -0.267 e. The highest BCUT2D eigenvalue weighted by Gasteiger charge is 2.06. The Balaban J connectivity index is 2.77. The monoisotopic (exact) mass is 239 g/mol. The zero-order valence-electron chi connectivity index (χ0n) is 7.58. The van der Waals surface area contributed by atoms with Crippen LogP contribution >= 0.6 is 15.9 Å². The summed E-state index contributed by atoms with van der Waals surface area (Å²) in [6.45, 7) is 5.03. The van der Waals surface area contributed by atoms with Crippen LogP contribution in [0.15, 0.2) is 16.7 Å². The third-order valence-corrected chi connectivity index (χ3v) is 2.56. The van der Waals surface area contributed by atoms with Crippen LogP contribution in [0, 0.1) is 6.92 Å². The van der Waals surface area contributed by atoms with Gasteiger partial charge in [0.05, 0.1) is 0 Å². The number of rotatable bonds is 1. The van der Waals surface area contributed by atoms with E-state index in [9.17, 15) is 0 Å². The Morgan fingerprint density at radius 1 is 1.54 bits per heavy atom. The number of pyridine rings is 1. The molecule has 0 aliphatic heterocycles. The van der Waals surface area contributed by atoms with Crippen molar-refractivity contribution in [3.05, 3.63) is 22.4 Å². The Labute approximate surface area is 84.9 Å². The number of halogens is 1. The molecular weight excluding hydrogens is 230 g/mol. The second-order valence-electron chi connectivity index (χ2n) is 2.93. The second kappa shape index (κ2) is 3.10. The van der Waals surface area contributed by atoms with Gasteiger partial charge in [-0.15, -0.1) is 0 Å². The molecule has 2 aromatic heterocycles. The van der Waals surface area contributed by atoms with Gasteiger partial charge < -0.3 is 0 Å². The predicted molar refractivity (Wildman–Crippen MR) is 55.6 cm³/mol. The Bertz CT molecular complexity index is 447. The van der Waals surface area contributed by atoms with E-state index in [0.717, 1.165) is 22.1 Å². The van der Waals surface area contributed by atoms with Gasteiger partial charge in [-0.2, -0.15) is 5.10 Å². The van der Waals surface area contributed by atoms with Crippen molar-refractivity contribution in [1.82, 2.24) is 14.8 Å². The fourth-order valence-corrected chi connectivity index (χ4v) is 1.75. The van der Waals surface area contributed by atoms with Gasteiger partial charge in [0.15, 0.2) is 5.65 Å². The van der Waals surface area contributed by atoms with Crippen LogP contribution in [0.5, 0.6) is 0 Å². The zero-order chi connectivity index (χ0) is 9.42. The number of hydrogen-bond donors (Lipinski definition) is 0. The maximum Gasteiger partial charge on any atom is 0.181 e. The van der Waals surface area contributed by atoms with Crippen molar-refractivity contribution >= 4 is 27.0 Å². The van der Waals surface area contributed by atoms with E-state index < -0.39 is 0 Å². The minimum atomic E-state index is 0.822. The molecule has 0 aliphatic carbocycles. The molecule has 0 aromatic carbocycles. The lowest BCUT2D eigenvalue weighted by Gasteiger charge is -1.96. The summed E-state index contributed by atoms with van der Waals surface area (Å²) in [7, 11) is 0. The van der Waals surface area contributed by atoms with Gasteiger partial charge in [-0.1, -0.05) is 0 Å². The summed E-state index contributed by atoms with van der Waals surface area (Å²) in [6, 6.07) is 2.05. The van der Waals surface area contributed by atoms with Gasteiger partial charge >= 0.3 is 0 Å². The lowest BCUT2D eigenvalue weighted by Crippen LogP contribution is -1.97. The van der Waals surface area contributed by atoms with E-state index in [0.29, 0.717) is 0 Å². The van der Waals surface area contributed by atoms with Crippen molar-refractivity contribution in [2.45, 2.75) is 20.4 Å². The maximum atomic E-state index is 4.36. The Kier molecular flexibility index (Phi) is 2.07. The molecule has 2 heterocycles. The highest BCUT2D eigenvalue weighted by atomic mass is 79.9. The summed E-state index contributed by atoms with van der Waals surface area (Å²) in [4.78, 5) is 4.23. The van der Waals surface area contributed by atoms with Gasteiger partial charge in [-0.25, -0.2) is 4.98 Å². The molecule has 68 valence electrons. The van der Waals surface area contributed by atoms with Crippen molar-refractivity contribution in [3.63, 3.8) is 0 Å². The van der Waals surface area contributed by atoms with E-state index in [-0.39, 0.29) is 0 Å². The van der Waals surface area contributed by atoms with Gasteiger partial charge in [-0.05, 0) is 35.8 Å². The molecule has 0 saturated heterocycles. The molecule has 0 saturated carbocycles. The predicted octanol–water partition coefficient (Wildman–Crippen LogP) is 2.52. The van der Waals surface area contributed by atoms with Gasteiger partial charge in [0, 0.05) is 28.3 Å². The third-order valence-electron chi connectivity index (χ3n) is 2.13. The fraction of sp³-hybridized carbons (Fsp3) is 0.333. The van der Waals surface area contributed by atoms with Crippen LogP contribution in [0.4, 0.5) is 0 Å². The van der Waals surface area contributed by atoms with Crippen LogP contribution in [-0.4, -0.2) is 14.8 Å². The van der Waals surface area contributed by atoms with Gasteiger partial charge in [0.1, 0.15) is 0 Å². The number of fused-ring (bicyclic) bond motifs is 1. The molecule has 0 atom stereocenters. The summed E-state index contributed by atoms with van der Waals surface area (Å²) < 4.78 is 2.96. The summed E-state index contributed by atoms with van der Waals surface area (Å²) in [5.41, 5.74) is 1.99. The molecule has 13 heavy (non-hydrogen) atoms. The van der Waals surface area contributed by atoms with Crippen molar-refractivity contribution in [2.24, 2.45) is 0 Å². The van der Waals surface area contributed by atoms with E-state index in [4.69, 9.17) is 0 Å². The summed E-state index contributed by atoms with van der Waals surface area (Å²) in [5.74, 6) is 0. The summed E-state index contributed by atoms with van der Waals surface area (Å²) >= 11 is 3.40. The van der Waals surface area contributed by atoms with E-state index in [1.807, 2.05) is 4.68 Å². The van der Waals surface area contributed by atoms with Crippen LogP contribution in [0.2, 0.25) is 0 Å². The molecule has 0 radical (unpaired) electrons. The first-order chi connectivity index (χ1) is 6.22. The first kappa shape index (κ1) is 8.69. The molecule has 0 aliphatic rings. The van der Waals surface area contributed by atoms with E-state index in [2.05, 4.69) is 45.9 Å². The molecule has 0 fully saturated rings. The molecule has 0 unspecified atom stereocenters. The minimum absolute atomic E-state index is 0.822. The van der Waals surface area contributed by atoms with E-state index >= 15 is 0 Å². The first-order valence-corrected chi connectivity index (χ1v) is 5.00. The molecular formula is C9H10BrN3. The topological polar surface area (TPSA) is 30.7 Å². The molecule has 0 bridgehead atoms. The average molecular weight is 240 g/mol. The highest BCUT2D eigenvalue weighted by Crippen LogP contribution is 2.19. The number of aromatic nitrogens is 3. The number of aryl methyl sites for hydroxylation is 2. The summed E-state index contributed by atoms with van der Waals surface area (Å²) in [6.07, 6.45) is 1.77. The molecule has 4 heteroatoms.